The Hall–Kier alpha value is -1.77. The van der Waals surface area contributed by atoms with Crippen molar-refractivity contribution >= 4 is 17.2 Å². The summed E-state index contributed by atoms with van der Waals surface area (Å²) < 4.78 is 7.71. The van der Waals surface area contributed by atoms with Crippen LogP contribution in [0, 0.1) is 6.92 Å². The zero-order valence-corrected chi connectivity index (χ0v) is 15.3. The summed E-state index contributed by atoms with van der Waals surface area (Å²) in [4.78, 5) is 18.8. The van der Waals surface area contributed by atoms with E-state index in [0.29, 0.717) is 30.1 Å². The van der Waals surface area contributed by atoms with Crippen LogP contribution in [0.2, 0.25) is 0 Å². The SMILES string of the molecule is Cc1nn(C)cc1C(=O)N1CCC2(CC1)C[C@@](O)(c1nccs1)CO2. The summed E-state index contributed by atoms with van der Waals surface area (Å²) in [5.74, 6) is 0.0219. The molecule has 7 nitrogen and oxygen atoms in total. The van der Waals surface area contributed by atoms with Crippen molar-refractivity contribution in [3.8, 4) is 0 Å². The van der Waals surface area contributed by atoms with Crippen molar-refractivity contribution < 1.29 is 14.6 Å². The molecule has 0 bridgehead atoms. The summed E-state index contributed by atoms with van der Waals surface area (Å²) in [6, 6.07) is 0. The van der Waals surface area contributed by atoms with Gasteiger partial charge in [-0.25, -0.2) is 4.98 Å². The van der Waals surface area contributed by atoms with Crippen LogP contribution in [0.15, 0.2) is 17.8 Å². The lowest BCUT2D eigenvalue weighted by Crippen LogP contribution is -2.47. The molecule has 4 heterocycles. The molecule has 1 N–H and O–H groups in total. The van der Waals surface area contributed by atoms with E-state index in [1.54, 1.807) is 17.1 Å². The van der Waals surface area contributed by atoms with Crippen LogP contribution in [0.1, 0.15) is 40.3 Å². The molecule has 1 amide bonds. The normalized spacial score (nSPS) is 25.6. The van der Waals surface area contributed by atoms with Gasteiger partial charge in [-0.1, -0.05) is 0 Å². The number of hydrogen-bond acceptors (Lipinski definition) is 6. The Bertz CT molecular complexity index is 780. The molecule has 0 aromatic carbocycles. The molecule has 0 radical (unpaired) electrons. The number of carbonyl (C=O) groups excluding carboxylic acids is 1. The van der Waals surface area contributed by atoms with Gasteiger partial charge in [0.15, 0.2) is 0 Å². The quantitative estimate of drug-likeness (QED) is 0.875. The van der Waals surface area contributed by atoms with Crippen LogP contribution in [0.25, 0.3) is 0 Å². The maximum absolute atomic E-state index is 12.7. The first kappa shape index (κ1) is 16.7. The van der Waals surface area contributed by atoms with Crippen molar-refractivity contribution in [3.63, 3.8) is 0 Å². The molecule has 2 saturated heterocycles. The average molecular weight is 362 g/mol. The van der Waals surface area contributed by atoms with Gasteiger partial charge in [-0.05, 0) is 19.8 Å². The largest absolute Gasteiger partial charge is 0.380 e. The number of aromatic nitrogens is 3. The lowest BCUT2D eigenvalue weighted by Gasteiger charge is -2.38. The van der Waals surface area contributed by atoms with Gasteiger partial charge < -0.3 is 14.7 Å². The Balaban J connectivity index is 1.44. The molecule has 25 heavy (non-hydrogen) atoms. The number of likely N-dealkylation sites (tertiary alicyclic amines) is 1. The number of carbonyl (C=O) groups is 1. The fourth-order valence-corrected chi connectivity index (χ4v) is 4.64. The zero-order chi connectivity index (χ0) is 17.7. The Labute approximate surface area is 150 Å². The highest BCUT2D eigenvalue weighted by Crippen LogP contribution is 2.45. The van der Waals surface area contributed by atoms with Crippen LogP contribution in [0.5, 0.6) is 0 Å². The molecular weight excluding hydrogens is 340 g/mol. The molecule has 2 aromatic rings. The number of rotatable bonds is 2. The van der Waals surface area contributed by atoms with E-state index < -0.39 is 5.60 Å². The van der Waals surface area contributed by atoms with Gasteiger partial charge >= 0.3 is 0 Å². The third-order valence-electron chi connectivity index (χ3n) is 5.27. The van der Waals surface area contributed by atoms with Crippen LogP contribution in [0.4, 0.5) is 0 Å². The molecule has 4 rings (SSSR count). The Kier molecular flexibility index (Phi) is 3.93. The predicted molar refractivity (Wildman–Crippen MR) is 92.4 cm³/mol. The fourth-order valence-electron chi connectivity index (χ4n) is 3.92. The summed E-state index contributed by atoms with van der Waals surface area (Å²) >= 11 is 1.46. The van der Waals surface area contributed by atoms with E-state index in [1.165, 1.54) is 11.3 Å². The van der Waals surface area contributed by atoms with Gasteiger partial charge in [0.1, 0.15) is 10.6 Å². The molecule has 2 fully saturated rings. The summed E-state index contributed by atoms with van der Waals surface area (Å²) in [5.41, 5.74) is 0.0506. The van der Waals surface area contributed by atoms with E-state index in [0.717, 1.165) is 18.5 Å². The molecule has 0 unspecified atom stereocenters. The first-order chi connectivity index (χ1) is 11.9. The van der Waals surface area contributed by atoms with Gasteiger partial charge in [-0.2, -0.15) is 5.10 Å². The average Bonchev–Trinajstić information content (AvgIpc) is 3.29. The summed E-state index contributed by atoms with van der Waals surface area (Å²) in [7, 11) is 1.82. The molecule has 2 aliphatic heterocycles. The minimum Gasteiger partial charge on any atom is -0.380 e. The third kappa shape index (κ3) is 2.88. The second-order valence-electron chi connectivity index (χ2n) is 7.11. The van der Waals surface area contributed by atoms with Crippen LogP contribution in [0.3, 0.4) is 0 Å². The van der Waals surface area contributed by atoms with Crippen molar-refractivity contribution in [2.45, 2.75) is 37.4 Å². The Morgan fingerprint density at radius 2 is 2.16 bits per heavy atom. The number of amides is 1. The zero-order valence-electron chi connectivity index (χ0n) is 14.4. The summed E-state index contributed by atoms with van der Waals surface area (Å²) in [6.45, 7) is 3.38. The van der Waals surface area contributed by atoms with E-state index in [1.807, 2.05) is 24.3 Å². The van der Waals surface area contributed by atoms with Crippen LogP contribution < -0.4 is 0 Å². The van der Waals surface area contributed by atoms with Gasteiger partial charge in [0.25, 0.3) is 5.91 Å². The summed E-state index contributed by atoms with van der Waals surface area (Å²) in [5, 5.41) is 17.7. The van der Waals surface area contributed by atoms with E-state index in [9.17, 15) is 9.90 Å². The first-order valence-corrected chi connectivity index (χ1v) is 9.35. The highest BCUT2D eigenvalue weighted by molar-refractivity contribution is 7.09. The van der Waals surface area contributed by atoms with Gasteiger partial charge in [0, 0.05) is 44.3 Å². The van der Waals surface area contributed by atoms with Crippen molar-refractivity contribution in [2.24, 2.45) is 7.05 Å². The lowest BCUT2D eigenvalue weighted by atomic mass is 9.83. The summed E-state index contributed by atoms with van der Waals surface area (Å²) in [6.07, 6.45) is 5.48. The van der Waals surface area contributed by atoms with Crippen LogP contribution in [-0.2, 0) is 17.4 Å². The maximum atomic E-state index is 12.7. The number of hydrogen-bond donors (Lipinski definition) is 1. The van der Waals surface area contributed by atoms with Crippen LogP contribution >= 0.6 is 11.3 Å². The van der Waals surface area contributed by atoms with E-state index in [4.69, 9.17) is 4.74 Å². The smallest absolute Gasteiger partial charge is 0.257 e. The number of aryl methyl sites for hydroxylation is 2. The fraction of sp³-hybridized carbons (Fsp3) is 0.588. The molecular formula is C17H22N4O3S. The number of aliphatic hydroxyl groups is 1. The van der Waals surface area contributed by atoms with Crippen LogP contribution in [-0.4, -0.2) is 56.0 Å². The molecule has 1 atom stereocenters. The Morgan fingerprint density at radius 3 is 2.76 bits per heavy atom. The molecule has 2 aliphatic rings. The van der Waals surface area contributed by atoms with Crippen molar-refractivity contribution in [1.82, 2.24) is 19.7 Å². The molecule has 1 spiro atoms. The number of thiazole rings is 1. The van der Waals surface area contributed by atoms with Crippen molar-refractivity contribution in [2.75, 3.05) is 19.7 Å². The monoisotopic (exact) mass is 362 g/mol. The molecule has 134 valence electrons. The number of ether oxygens (including phenoxy) is 1. The Morgan fingerprint density at radius 1 is 1.40 bits per heavy atom. The van der Waals surface area contributed by atoms with Gasteiger partial charge in [0.05, 0.1) is 23.5 Å². The topological polar surface area (TPSA) is 80.5 Å². The maximum Gasteiger partial charge on any atom is 0.257 e. The third-order valence-corrected chi connectivity index (χ3v) is 6.23. The molecule has 0 aliphatic carbocycles. The van der Waals surface area contributed by atoms with E-state index in [2.05, 4.69) is 10.1 Å². The highest BCUT2D eigenvalue weighted by atomic mass is 32.1. The van der Waals surface area contributed by atoms with Crippen molar-refractivity contribution in [3.05, 3.63) is 34.0 Å². The van der Waals surface area contributed by atoms with Gasteiger partial charge in [-0.15, -0.1) is 11.3 Å². The lowest BCUT2D eigenvalue weighted by molar-refractivity contribution is -0.0431. The molecule has 0 saturated carbocycles. The second-order valence-corrected chi connectivity index (χ2v) is 8.01. The van der Waals surface area contributed by atoms with E-state index >= 15 is 0 Å². The number of piperidine rings is 1. The standard InChI is InChI=1S/C17H22N4O3S/c1-12-13(9-20(2)19-12)14(22)21-6-3-16(4-7-21)10-17(23,11-24-16)15-18-5-8-25-15/h5,8-9,23H,3-4,6-7,10-11H2,1-2H3/t17-/m0/s1. The second kappa shape index (κ2) is 5.89. The van der Waals surface area contributed by atoms with E-state index in [-0.39, 0.29) is 18.1 Å². The van der Waals surface area contributed by atoms with Gasteiger partial charge in [0.2, 0.25) is 0 Å². The van der Waals surface area contributed by atoms with Gasteiger partial charge in [-0.3, -0.25) is 9.48 Å². The molecule has 8 heteroatoms. The minimum atomic E-state index is -1.000. The first-order valence-electron chi connectivity index (χ1n) is 8.47. The molecule has 2 aromatic heterocycles. The predicted octanol–water partition coefficient (Wildman–Crippen LogP) is 1.47. The van der Waals surface area contributed by atoms with Crippen molar-refractivity contribution in [1.29, 1.82) is 0 Å². The number of nitrogens with zero attached hydrogens (tertiary/aromatic N) is 4. The minimum absolute atomic E-state index is 0.0219. The highest BCUT2D eigenvalue weighted by Gasteiger charge is 2.52.